The van der Waals surface area contributed by atoms with Crippen molar-refractivity contribution in [1.29, 1.82) is 0 Å². The number of benzene rings is 1. The number of carbonyl (C=O) groups is 1. The van der Waals surface area contributed by atoms with Crippen molar-refractivity contribution in [1.82, 2.24) is 5.16 Å². The molecule has 5 nitrogen and oxygen atoms in total. The van der Waals surface area contributed by atoms with Crippen molar-refractivity contribution in [3.8, 4) is 0 Å². The second kappa shape index (κ2) is 5.60. The van der Waals surface area contributed by atoms with Gasteiger partial charge in [-0.2, -0.15) is 0 Å². The fourth-order valence-electron chi connectivity index (χ4n) is 1.79. The first-order valence-electron chi connectivity index (χ1n) is 6.88. The average molecular weight is 287 g/mol. The highest BCUT2D eigenvalue weighted by Gasteiger charge is 2.20. The maximum Gasteiger partial charge on any atom is 0.324 e. The molecule has 112 valence electrons. The Morgan fingerprint density at radius 3 is 2.38 bits per heavy atom. The molecule has 0 atom stereocenters. The molecule has 0 aliphatic carbocycles. The molecule has 5 heteroatoms. The van der Waals surface area contributed by atoms with Crippen LogP contribution in [0.3, 0.4) is 0 Å². The summed E-state index contributed by atoms with van der Waals surface area (Å²) in [6.07, 6.45) is 0. The van der Waals surface area contributed by atoms with E-state index >= 15 is 0 Å². The van der Waals surface area contributed by atoms with E-state index < -0.39 is 0 Å². The zero-order valence-corrected chi connectivity index (χ0v) is 13.1. The van der Waals surface area contributed by atoms with Gasteiger partial charge in [0, 0.05) is 17.2 Å². The minimum absolute atomic E-state index is 0.141. The number of rotatable bonds is 2. The van der Waals surface area contributed by atoms with Crippen LogP contribution in [0.4, 0.5) is 16.3 Å². The number of urea groups is 1. The second-order valence-electron chi connectivity index (χ2n) is 6.20. The molecule has 1 heterocycles. The molecule has 2 N–H and O–H groups in total. The number of hydrogen-bond donors (Lipinski definition) is 2. The molecule has 1 aromatic carbocycles. The summed E-state index contributed by atoms with van der Waals surface area (Å²) in [5.41, 5.74) is 2.92. The van der Waals surface area contributed by atoms with Gasteiger partial charge in [0.15, 0.2) is 5.82 Å². The smallest absolute Gasteiger partial charge is 0.324 e. The molecular weight excluding hydrogens is 266 g/mol. The number of nitrogens with one attached hydrogen (secondary N) is 2. The summed E-state index contributed by atoms with van der Waals surface area (Å²) in [7, 11) is 0. The highest BCUT2D eigenvalue weighted by molar-refractivity contribution is 5.99. The van der Waals surface area contributed by atoms with E-state index in [9.17, 15) is 4.79 Å². The molecule has 0 spiro atoms. The normalized spacial score (nSPS) is 11.3. The van der Waals surface area contributed by atoms with Crippen LogP contribution in [0, 0.1) is 13.8 Å². The molecule has 21 heavy (non-hydrogen) atoms. The Hall–Kier alpha value is -2.30. The van der Waals surface area contributed by atoms with E-state index in [-0.39, 0.29) is 11.4 Å². The fourth-order valence-corrected chi connectivity index (χ4v) is 1.79. The Labute approximate surface area is 124 Å². The summed E-state index contributed by atoms with van der Waals surface area (Å²) in [6.45, 7) is 10.1. The van der Waals surface area contributed by atoms with Gasteiger partial charge < -0.3 is 9.84 Å². The molecular formula is C16H21N3O2. The van der Waals surface area contributed by atoms with Crippen LogP contribution in [0.5, 0.6) is 0 Å². The Morgan fingerprint density at radius 1 is 1.10 bits per heavy atom. The van der Waals surface area contributed by atoms with Crippen LogP contribution < -0.4 is 10.6 Å². The van der Waals surface area contributed by atoms with E-state index in [1.54, 1.807) is 6.07 Å². The van der Waals surface area contributed by atoms with Crippen LogP contribution in [-0.4, -0.2) is 11.2 Å². The lowest BCUT2D eigenvalue weighted by atomic mass is 9.93. The summed E-state index contributed by atoms with van der Waals surface area (Å²) < 4.78 is 5.22. The van der Waals surface area contributed by atoms with Gasteiger partial charge in [-0.25, -0.2) is 4.79 Å². The van der Waals surface area contributed by atoms with E-state index in [0.29, 0.717) is 5.82 Å². The molecule has 2 rings (SSSR count). The zero-order chi connectivity index (χ0) is 15.6. The van der Waals surface area contributed by atoms with Crippen molar-refractivity contribution in [3.63, 3.8) is 0 Å². The summed E-state index contributed by atoms with van der Waals surface area (Å²) in [5.74, 6) is 1.13. The van der Waals surface area contributed by atoms with Gasteiger partial charge in [-0.3, -0.25) is 5.32 Å². The molecule has 2 aromatic rings. The number of aryl methyl sites for hydroxylation is 2. The van der Waals surface area contributed by atoms with Crippen LogP contribution in [-0.2, 0) is 5.41 Å². The van der Waals surface area contributed by atoms with Gasteiger partial charge in [0.1, 0.15) is 5.76 Å². The molecule has 0 aliphatic rings. The molecule has 0 aliphatic heterocycles. The van der Waals surface area contributed by atoms with E-state index in [1.807, 2.05) is 52.8 Å². The Bertz CT molecular complexity index is 654. The Kier molecular flexibility index (Phi) is 4.02. The topological polar surface area (TPSA) is 67.2 Å². The van der Waals surface area contributed by atoms with Gasteiger partial charge in [-0.15, -0.1) is 0 Å². The number of aromatic nitrogens is 1. The minimum atomic E-state index is -0.341. The predicted octanol–water partition coefficient (Wildman–Crippen LogP) is 4.23. The highest BCUT2D eigenvalue weighted by Crippen LogP contribution is 2.24. The number of hydrogen-bond acceptors (Lipinski definition) is 3. The Morgan fingerprint density at radius 2 is 1.81 bits per heavy atom. The van der Waals surface area contributed by atoms with Crippen LogP contribution in [0.2, 0.25) is 0 Å². The lowest BCUT2D eigenvalue weighted by Crippen LogP contribution is -2.19. The fraction of sp³-hybridized carbons (Fsp3) is 0.375. The third-order valence-corrected chi connectivity index (χ3v) is 3.26. The second-order valence-corrected chi connectivity index (χ2v) is 6.20. The lowest BCUT2D eigenvalue weighted by molar-refractivity contribution is 0.262. The van der Waals surface area contributed by atoms with Gasteiger partial charge >= 0.3 is 6.03 Å². The van der Waals surface area contributed by atoms with Gasteiger partial charge in [0.2, 0.25) is 0 Å². The monoisotopic (exact) mass is 287 g/mol. The molecule has 0 bridgehead atoms. The van der Waals surface area contributed by atoms with E-state index in [2.05, 4.69) is 15.8 Å². The quantitative estimate of drug-likeness (QED) is 0.868. The first-order chi connectivity index (χ1) is 9.75. The number of nitrogens with zero attached hydrogens (tertiary/aromatic N) is 1. The highest BCUT2D eigenvalue weighted by atomic mass is 16.5. The largest absolute Gasteiger partial charge is 0.359 e. The van der Waals surface area contributed by atoms with Crippen molar-refractivity contribution >= 4 is 17.5 Å². The average Bonchev–Trinajstić information content (AvgIpc) is 2.82. The van der Waals surface area contributed by atoms with E-state index in [1.165, 1.54) is 5.56 Å². The van der Waals surface area contributed by atoms with Gasteiger partial charge in [0.25, 0.3) is 0 Å². The predicted molar refractivity (Wildman–Crippen MR) is 83.8 cm³/mol. The zero-order valence-electron chi connectivity index (χ0n) is 13.1. The maximum absolute atomic E-state index is 11.9. The number of anilines is 2. The molecule has 1 aromatic heterocycles. The third kappa shape index (κ3) is 3.84. The molecule has 0 fully saturated rings. The summed E-state index contributed by atoms with van der Waals surface area (Å²) >= 11 is 0. The molecule has 0 saturated heterocycles. The first kappa shape index (κ1) is 15.1. The molecule has 2 amide bonds. The van der Waals surface area contributed by atoms with Gasteiger partial charge in [0.05, 0.1) is 0 Å². The summed E-state index contributed by atoms with van der Waals surface area (Å²) in [6, 6.07) is 7.16. The van der Waals surface area contributed by atoms with Crippen molar-refractivity contribution in [2.45, 2.75) is 40.0 Å². The molecule has 0 unspecified atom stereocenters. The first-order valence-corrected chi connectivity index (χ1v) is 6.88. The van der Waals surface area contributed by atoms with E-state index in [4.69, 9.17) is 4.52 Å². The number of amides is 2. The van der Waals surface area contributed by atoms with Crippen LogP contribution >= 0.6 is 0 Å². The summed E-state index contributed by atoms with van der Waals surface area (Å²) in [5, 5.41) is 9.29. The minimum Gasteiger partial charge on any atom is -0.359 e. The van der Waals surface area contributed by atoms with Crippen molar-refractivity contribution < 1.29 is 9.32 Å². The van der Waals surface area contributed by atoms with Crippen LogP contribution in [0.25, 0.3) is 0 Å². The van der Waals surface area contributed by atoms with Crippen LogP contribution in [0.15, 0.2) is 28.8 Å². The third-order valence-electron chi connectivity index (χ3n) is 3.26. The summed E-state index contributed by atoms with van der Waals surface area (Å²) in [4.78, 5) is 11.9. The molecule has 0 saturated carbocycles. The van der Waals surface area contributed by atoms with Crippen LogP contribution in [0.1, 0.15) is 37.7 Å². The Balaban J connectivity index is 2.01. The standard InChI is InChI=1S/C16H21N3O2/c1-10-6-7-12(8-11(10)2)17-15(20)18-14-9-13(21-19-14)16(3,4)5/h6-9H,1-5H3,(H2,17,18,19,20). The maximum atomic E-state index is 11.9. The lowest BCUT2D eigenvalue weighted by Gasteiger charge is -2.12. The number of carbonyl (C=O) groups excluding carboxylic acids is 1. The van der Waals surface area contributed by atoms with Crippen molar-refractivity contribution in [2.24, 2.45) is 0 Å². The van der Waals surface area contributed by atoms with Gasteiger partial charge in [-0.1, -0.05) is 32.0 Å². The van der Waals surface area contributed by atoms with E-state index in [0.717, 1.165) is 17.0 Å². The molecule has 0 radical (unpaired) electrons. The van der Waals surface area contributed by atoms with Crippen molar-refractivity contribution in [3.05, 3.63) is 41.2 Å². The SMILES string of the molecule is Cc1ccc(NC(=O)Nc2cc(C(C)(C)C)on2)cc1C. The van der Waals surface area contributed by atoms with Gasteiger partial charge in [-0.05, 0) is 37.1 Å². The van der Waals surface area contributed by atoms with Crippen molar-refractivity contribution in [2.75, 3.05) is 10.6 Å².